The standard InChI is InChI=1S/C18H19NO4/c1-21-15-9-5-4-8-14(15)19-17(20)12-11-13-7-6-10-16(22-2)18(13)23-3/h4-12H,1-3H3,(H,19,20)/b12-11+. The van der Waals surface area contributed by atoms with Gasteiger partial charge in [0, 0.05) is 11.6 Å². The molecule has 0 aliphatic rings. The van der Waals surface area contributed by atoms with Crippen LogP contribution in [0.4, 0.5) is 5.69 Å². The van der Waals surface area contributed by atoms with Crippen LogP contribution in [0.25, 0.3) is 6.08 Å². The van der Waals surface area contributed by atoms with Gasteiger partial charge in [0.25, 0.3) is 0 Å². The quantitative estimate of drug-likeness (QED) is 0.831. The van der Waals surface area contributed by atoms with Crippen molar-refractivity contribution >= 4 is 17.7 Å². The number of hydrogen-bond donors (Lipinski definition) is 1. The number of para-hydroxylation sites is 3. The van der Waals surface area contributed by atoms with Gasteiger partial charge in [-0.2, -0.15) is 0 Å². The topological polar surface area (TPSA) is 56.8 Å². The predicted molar refractivity (Wildman–Crippen MR) is 90.2 cm³/mol. The van der Waals surface area contributed by atoms with Crippen LogP contribution in [0.15, 0.2) is 48.5 Å². The van der Waals surface area contributed by atoms with Crippen LogP contribution in [0.5, 0.6) is 17.2 Å². The van der Waals surface area contributed by atoms with Gasteiger partial charge in [-0.25, -0.2) is 0 Å². The number of ether oxygens (including phenoxy) is 3. The maximum Gasteiger partial charge on any atom is 0.248 e. The normalized spacial score (nSPS) is 10.4. The van der Waals surface area contributed by atoms with Crippen molar-refractivity contribution < 1.29 is 19.0 Å². The average Bonchev–Trinajstić information content (AvgIpc) is 2.59. The first-order valence-electron chi connectivity index (χ1n) is 7.02. The molecule has 0 saturated heterocycles. The van der Waals surface area contributed by atoms with E-state index in [1.807, 2.05) is 24.3 Å². The summed E-state index contributed by atoms with van der Waals surface area (Å²) in [5.41, 5.74) is 1.37. The Morgan fingerprint density at radius 3 is 2.30 bits per heavy atom. The number of benzene rings is 2. The Labute approximate surface area is 135 Å². The van der Waals surface area contributed by atoms with E-state index in [1.165, 1.54) is 6.08 Å². The molecule has 120 valence electrons. The van der Waals surface area contributed by atoms with Crippen molar-refractivity contribution in [3.05, 3.63) is 54.1 Å². The minimum atomic E-state index is -0.264. The second-order valence-electron chi connectivity index (χ2n) is 4.61. The minimum Gasteiger partial charge on any atom is -0.495 e. The zero-order valence-electron chi connectivity index (χ0n) is 13.3. The number of amides is 1. The van der Waals surface area contributed by atoms with Gasteiger partial charge in [0.05, 0.1) is 27.0 Å². The van der Waals surface area contributed by atoms with Crippen molar-refractivity contribution in [3.8, 4) is 17.2 Å². The third-order valence-corrected chi connectivity index (χ3v) is 3.21. The molecule has 0 saturated carbocycles. The largest absolute Gasteiger partial charge is 0.495 e. The SMILES string of the molecule is COc1ccccc1NC(=O)/C=C/c1cccc(OC)c1OC. The Morgan fingerprint density at radius 2 is 1.61 bits per heavy atom. The highest BCUT2D eigenvalue weighted by molar-refractivity contribution is 6.03. The monoisotopic (exact) mass is 313 g/mol. The van der Waals surface area contributed by atoms with Gasteiger partial charge in [0.1, 0.15) is 5.75 Å². The lowest BCUT2D eigenvalue weighted by Crippen LogP contribution is -2.08. The van der Waals surface area contributed by atoms with E-state index in [4.69, 9.17) is 14.2 Å². The van der Waals surface area contributed by atoms with Gasteiger partial charge in [-0.15, -0.1) is 0 Å². The molecule has 0 spiro atoms. The Bertz CT molecular complexity index is 710. The summed E-state index contributed by atoms with van der Waals surface area (Å²) in [6.45, 7) is 0. The summed E-state index contributed by atoms with van der Waals surface area (Å²) in [5.74, 6) is 1.53. The van der Waals surface area contributed by atoms with E-state index < -0.39 is 0 Å². The molecular weight excluding hydrogens is 294 g/mol. The molecule has 0 aliphatic carbocycles. The minimum absolute atomic E-state index is 0.264. The fourth-order valence-electron chi connectivity index (χ4n) is 2.13. The lowest BCUT2D eigenvalue weighted by molar-refractivity contribution is -0.111. The second-order valence-corrected chi connectivity index (χ2v) is 4.61. The number of rotatable bonds is 6. The molecule has 2 aromatic carbocycles. The molecule has 0 radical (unpaired) electrons. The number of anilines is 1. The molecule has 1 N–H and O–H groups in total. The summed E-state index contributed by atoms with van der Waals surface area (Å²) < 4.78 is 15.8. The van der Waals surface area contributed by atoms with E-state index >= 15 is 0 Å². The van der Waals surface area contributed by atoms with Crippen LogP contribution in [-0.4, -0.2) is 27.2 Å². The summed E-state index contributed by atoms with van der Waals surface area (Å²) in [6, 6.07) is 12.7. The summed E-state index contributed by atoms with van der Waals surface area (Å²) in [7, 11) is 4.69. The van der Waals surface area contributed by atoms with Gasteiger partial charge in [-0.05, 0) is 24.3 Å². The van der Waals surface area contributed by atoms with Crippen molar-refractivity contribution in [1.29, 1.82) is 0 Å². The molecular formula is C18H19NO4. The fourth-order valence-corrected chi connectivity index (χ4v) is 2.13. The molecule has 0 bridgehead atoms. The van der Waals surface area contributed by atoms with E-state index in [-0.39, 0.29) is 5.91 Å². The first kappa shape index (κ1) is 16.4. The molecule has 0 aliphatic heterocycles. The zero-order chi connectivity index (χ0) is 16.7. The van der Waals surface area contributed by atoms with E-state index in [0.717, 1.165) is 5.56 Å². The molecule has 23 heavy (non-hydrogen) atoms. The first-order valence-corrected chi connectivity index (χ1v) is 7.02. The van der Waals surface area contributed by atoms with Crippen LogP contribution < -0.4 is 19.5 Å². The van der Waals surface area contributed by atoms with Gasteiger partial charge >= 0.3 is 0 Å². The number of hydrogen-bond acceptors (Lipinski definition) is 4. The number of carbonyl (C=O) groups is 1. The van der Waals surface area contributed by atoms with Crippen LogP contribution in [0, 0.1) is 0 Å². The second kappa shape index (κ2) is 7.89. The molecule has 1 amide bonds. The highest BCUT2D eigenvalue weighted by Gasteiger charge is 2.08. The van der Waals surface area contributed by atoms with Crippen LogP contribution in [0.3, 0.4) is 0 Å². The van der Waals surface area contributed by atoms with Gasteiger partial charge in [-0.3, -0.25) is 4.79 Å². The van der Waals surface area contributed by atoms with E-state index in [9.17, 15) is 4.79 Å². The summed E-state index contributed by atoms with van der Waals surface area (Å²) in [6.07, 6.45) is 3.11. The lowest BCUT2D eigenvalue weighted by atomic mass is 10.1. The van der Waals surface area contributed by atoms with Gasteiger partial charge in [0.2, 0.25) is 5.91 Å². The van der Waals surface area contributed by atoms with Crippen molar-refractivity contribution in [2.75, 3.05) is 26.6 Å². The van der Waals surface area contributed by atoms with Gasteiger partial charge in [-0.1, -0.05) is 24.3 Å². The first-order chi connectivity index (χ1) is 11.2. The van der Waals surface area contributed by atoms with Crippen LogP contribution >= 0.6 is 0 Å². The Balaban J connectivity index is 2.16. The van der Waals surface area contributed by atoms with E-state index in [0.29, 0.717) is 22.9 Å². The third-order valence-electron chi connectivity index (χ3n) is 3.21. The highest BCUT2D eigenvalue weighted by atomic mass is 16.5. The van der Waals surface area contributed by atoms with Crippen LogP contribution in [0.2, 0.25) is 0 Å². The molecule has 0 atom stereocenters. The smallest absolute Gasteiger partial charge is 0.248 e. The summed E-state index contributed by atoms with van der Waals surface area (Å²) in [5, 5.41) is 2.77. The Kier molecular flexibility index (Phi) is 5.63. The Hall–Kier alpha value is -2.95. The average molecular weight is 313 g/mol. The van der Waals surface area contributed by atoms with Gasteiger partial charge in [0.15, 0.2) is 11.5 Å². The summed E-state index contributed by atoms with van der Waals surface area (Å²) >= 11 is 0. The van der Waals surface area contributed by atoms with Crippen LogP contribution in [0.1, 0.15) is 5.56 Å². The van der Waals surface area contributed by atoms with Crippen molar-refractivity contribution in [1.82, 2.24) is 0 Å². The third kappa shape index (κ3) is 4.03. The van der Waals surface area contributed by atoms with Crippen molar-refractivity contribution in [2.24, 2.45) is 0 Å². The maximum atomic E-state index is 12.1. The van der Waals surface area contributed by atoms with Crippen LogP contribution in [-0.2, 0) is 4.79 Å². The Morgan fingerprint density at radius 1 is 0.913 bits per heavy atom. The lowest BCUT2D eigenvalue weighted by Gasteiger charge is -2.10. The predicted octanol–water partition coefficient (Wildman–Crippen LogP) is 3.36. The molecule has 0 unspecified atom stereocenters. The molecule has 2 rings (SSSR count). The maximum absolute atomic E-state index is 12.1. The molecule has 2 aromatic rings. The van der Waals surface area contributed by atoms with Crippen molar-refractivity contribution in [2.45, 2.75) is 0 Å². The number of carbonyl (C=O) groups excluding carboxylic acids is 1. The highest BCUT2D eigenvalue weighted by Crippen LogP contribution is 2.31. The fraction of sp³-hybridized carbons (Fsp3) is 0.167. The zero-order valence-corrected chi connectivity index (χ0v) is 13.3. The molecule has 5 nitrogen and oxygen atoms in total. The molecule has 5 heteroatoms. The molecule has 0 fully saturated rings. The van der Waals surface area contributed by atoms with E-state index in [1.54, 1.807) is 45.6 Å². The van der Waals surface area contributed by atoms with Gasteiger partial charge < -0.3 is 19.5 Å². The number of methoxy groups -OCH3 is 3. The number of nitrogens with one attached hydrogen (secondary N) is 1. The molecule has 0 heterocycles. The molecule has 0 aromatic heterocycles. The van der Waals surface area contributed by atoms with E-state index in [2.05, 4.69) is 5.32 Å². The van der Waals surface area contributed by atoms with Crippen molar-refractivity contribution in [3.63, 3.8) is 0 Å². The summed E-state index contributed by atoms with van der Waals surface area (Å²) in [4.78, 5) is 12.1.